The number of carbonyl (C=O) groups excluding carboxylic acids is 1. The molecule has 0 spiro atoms. The summed E-state index contributed by atoms with van der Waals surface area (Å²) >= 11 is 4.57. The van der Waals surface area contributed by atoms with Gasteiger partial charge in [0.2, 0.25) is 11.0 Å². The van der Waals surface area contributed by atoms with Crippen molar-refractivity contribution < 1.29 is 4.79 Å². The van der Waals surface area contributed by atoms with Crippen molar-refractivity contribution in [2.45, 2.75) is 50.5 Å². The normalized spacial score (nSPS) is 13.1. The molecule has 0 fully saturated rings. The Hall–Kier alpha value is -1.12. The first-order valence-electron chi connectivity index (χ1n) is 7.82. The van der Waals surface area contributed by atoms with Crippen molar-refractivity contribution in [2.24, 2.45) is 5.92 Å². The van der Waals surface area contributed by atoms with Crippen LogP contribution < -0.4 is 10.6 Å². The molecule has 1 unspecified atom stereocenters. The van der Waals surface area contributed by atoms with E-state index < -0.39 is 0 Å². The summed E-state index contributed by atoms with van der Waals surface area (Å²) in [7, 11) is 0. The highest BCUT2D eigenvalue weighted by Crippen LogP contribution is 2.28. The number of carbonyl (C=O) groups is 1. The summed E-state index contributed by atoms with van der Waals surface area (Å²) in [5.41, 5.74) is -0.0515. The second-order valence-electron chi connectivity index (χ2n) is 6.84. The van der Waals surface area contributed by atoms with Crippen molar-refractivity contribution in [2.75, 3.05) is 11.1 Å². The van der Waals surface area contributed by atoms with E-state index in [0.29, 0.717) is 11.7 Å². The third kappa shape index (κ3) is 6.07. The third-order valence-corrected chi connectivity index (χ3v) is 5.98. The van der Waals surface area contributed by atoms with Gasteiger partial charge in [0.15, 0.2) is 4.34 Å². The summed E-state index contributed by atoms with van der Waals surface area (Å²) in [6.07, 6.45) is 0. The molecule has 0 aliphatic carbocycles. The first-order valence-corrected chi connectivity index (χ1v) is 10.5. The molecule has 24 heavy (non-hydrogen) atoms. The van der Waals surface area contributed by atoms with Gasteiger partial charge in [0.25, 0.3) is 0 Å². The summed E-state index contributed by atoms with van der Waals surface area (Å²) < 4.78 is 0.800. The van der Waals surface area contributed by atoms with Crippen molar-refractivity contribution in [1.82, 2.24) is 15.5 Å². The van der Waals surface area contributed by atoms with Crippen LogP contribution in [0.3, 0.4) is 0 Å². The van der Waals surface area contributed by atoms with Crippen molar-refractivity contribution >= 4 is 45.5 Å². The van der Waals surface area contributed by atoms with E-state index in [-0.39, 0.29) is 17.5 Å². The Bertz CT molecular complexity index is 647. The standard InChI is InChI=1S/C16H24N4OS3/c1-10(2)13(11-7-6-8-22-11)17-12(21)9-23-15-20-19-14(24-15)18-16(3,4)5/h6-8,10,13H,9H2,1-5H3,(H,17,21)(H,18,19). The van der Waals surface area contributed by atoms with Crippen LogP contribution in [0, 0.1) is 5.92 Å². The lowest BCUT2D eigenvalue weighted by atomic mass is 10.0. The molecule has 0 aromatic carbocycles. The van der Waals surface area contributed by atoms with Crippen LogP contribution >= 0.6 is 34.4 Å². The average molecular weight is 385 g/mol. The van der Waals surface area contributed by atoms with Crippen LogP contribution in [0.2, 0.25) is 0 Å². The number of anilines is 1. The summed E-state index contributed by atoms with van der Waals surface area (Å²) in [5, 5.41) is 17.5. The van der Waals surface area contributed by atoms with E-state index in [1.54, 1.807) is 11.3 Å². The molecule has 132 valence electrons. The SMILES string of the molecule is CC(C)C(NC(=O)CSc1nnc(NC(C)(C)C)s1)c1cccs1. The lowest BCUT2D eigenvalue weighted by Crippen LogP contribution is -2.32. The summed E-state index contributed by atoms with van der Waals surface area (Å²) in [4.78, 5) is 13.5. The van der Waals surface area contributed by atoms with Crippen LogP contribution in [0.4, 0.5) is 5.13 Å². The van der Waals surface area contributed by atoms with Gasteiger partial charge < -0.3 is 10.6 Å². The molecule has 2 heterocycles. The highest BCUT2D eigenvalue weighted by Gasteiger charge is 2.20. The van der Waals surface area contributed by atoms with E-state index >= 15 is 0 Å². The van der Waals surface area contributed by atoms with Gasteiger partial charge in [-0.25, -0.2) is 0 Å². The van der Waals surface area contributed by atoms with Gasteiger partial charge >= 0.3 is 0 Å². The van der Waals surface area contributed by atoms with Crippen molar-refractivity contribution in [3.05, 3.63) is 22.4 Å². The Balaban J connectivity index is 1.86. The molecule has 8 heteroatoms. The molecule has 0 aliphatic rings. The molecule has 0 saturated heterocycles. The van der Waals surface area contributed by atoms with Crippen molar-refractivity contribution in [3.8, 4) is 0 Å². The van der Waals surface area contributed by atoms with Crippen LogP contribution in [0.25, 0.3) is 0 Å². The number of rotatable bonds is 7. The van der Waals surface area contributed by atoms with Crippen LogP contribution in [0.1, 0.15) is 45.5 Å². The maximum absolute atomic E-state index is 12.3. The summed E-state index contributed by atoms with van der Waals surface area (Å²) in [6.45, 7) is 10.5. The minimum atomic E-state index is -0.0515. The predicted molar refractivity (Wildman–Crippen MR) is 104 cm³/mol. The molecule has 2 aromatic rings. The number of hydrogen-bond donors (Lipinski definition) is 2. The van der Waals surface area contributed by atoms with Gasteiger partial charge in [0, 0.05) is 10.4 Å². The average Bonchev–Trinajstić information content (AvgIpc) is 3.12. The van der Waals surface area contributed by atoms with Crippen molar-refractivity contribution in [1.29, 1.82) is 0 Å². The van der Waals surface area contributed by atoms with E-state index in [2.05, 4.69) is 61.5 Å². The first-order chi connectivity index (χ1) is 11.2. The molecule has 1 amide bonds. The topological polar surface area (TPSA) is 66.9 Å². The van der Waals surface area contributed by atoms with Crippen molar-refractivity contribution in [3.63, 3.8) is 0 Å². The quantitative estimate of drug-likeness (QED) is 0.692. The molecule has 0 saturated carbocycles. The Kier molecular flexibility index (Phi) is 6.65. The molecule has 2 rings (SSSR count). The number of nitrogens with zero attached hydrogens (tertiary/aromatic N) is 2. The number of thioether (sulfide) groups is 1. The zero-order chi connectivity index (χ0) is 17.7. The van der Waals surface area contributed by atoms with E-state index in [1.807, 2.05) is 11.4 Å². The summed E-state index contributed by atoms with van der Waals surface area (Å²) in [5.74, 6) is 0.716. The molecule has 1 atom stereocenters. The maximum Gasteiger partial charge on any atom is 0.230 e. The fourth-order valence-corrected chi connectivity index (χ4v) is 4.74. The van der Waals surface area contributed by atoms with Gasteiger partial charge in [-0.2, -0.15) is 0 Å². The molecule has 5 nitrogen and oxygen atoms in total. The number of nitrogens with one attached hydrogen (secondary N) is 2. The zero-order valence-electron chi connectivity index (χ0n) is 14.6. The van der Waals surface area contributed by atoms with E-state index in [4.69, 9.17) is 0 Å². The number of amides is 1. The largest absolute Gasteiger partial charge is 0.355 e. The Morgan fingerprint density at radius 3 is 2.67 bits per heavy atom. The van der Waals surface area contributed by atoms with E-state index in [0.717, 1.165) is 9.47 Å². The number of aromatic nitrogens is 2. The Morgan fingerprint density at radius 2 is 2.08 bits per heavy atom. The molecular formula is C16H24N4OS3. The third-order valence-electron chi connectivity index (χ3n) is 3.05. The van der Waals surface area contributed by atoms with Crippen LogP contribution in [0.15, 0.2) is 21.9 Å². The highest BCUT2D eigenvalue weighted by molar-refractivity contribution is 8.01. The summed E-state index contributed by atoms with van der Waals surface area (Å²) in [6, 6.07) is 4.14. The first kappa shape index (κ1) is 19.2. The second kappa shape index (κ2) is 8.31. The minimum absolute atomic E-state index is 0.0210. The molecule has 0 aliphatic heterocycles. The lowest BCUT2D eigenvalue weighted by molar-refractivity contribution is -0.119. The number of thiophene rings is 1. The zero-order valence-corrected chi connectivity index (χ0v) is 17.1. The van der Waals surface area contributed by atoms with Gasteiger partial charge in [-0.3, -0.25) is 4.79 Å². The molecule has 2 aromatic heterocycles. The second-order valence-corrected chi connectivity index (χ2v) is 10.0. The van der Waals surface area contributed by atoms with Gasteiger partial charge in [-0.15, -0.1) is 21.5 Å². The monoisotopic (exact) mass is 384 g/mol. The molecule has 2 N–H and O–H groups in total. The van der Waals surface area contributed by atoms with Crippen LogP contribution in [-0.4, -0.2) is 27.4 Å². The van der Waals surface area contributed by atoms with Gasteiger partial charge in [0.05, 0.1) is 11.8 Å². The van der Waals surface area contributed by atoms with E-state index in [9.17, 15) is 4.79 Å². The molecule has 0 radical (unpaired) electrons. The molecular weight excluding hydrogens is 360 g/mol. The Labute approximate surface area is 155 Å². The van der Waals surface area contributed by atoms with Crippen LogP contribution in [0.5, 0.6) is 0 Å². The maximum atomic E-state index is 12.3. The molecule has 0 bridgehead atoms. The Morgan fingerprint density at radius 1 is 1.33 bits per heavy atom. The fraction of sp³-hybridized carbons (Fsp3) is 0.562. The lowest BCUT2D eigenvalue weighted by Gasteiger charge is -2.21. The van der Waals surface area contributed by atoms with E-state index in [1.165, 1.54) is 28.0 Å². The van der Waals surface area contributed by atoms with Gasteiger partial charge in [0.1, 0.15) is 0 Å². The van der Waals surface area contributed by atoms with Crippen LogP contribution in [-0.2, 0) is 4.79 Å². The predicted octanol–water partition coefficient (Wildman–Crippen LogP) is 4.42. The van der Waals surface area contributed by atoms with Gasteiger partial charge in [-0.05, 0) is 38.1 Å². The highest BCUT2D eigenvalue weighted by atomic mass is 32.2. The van der Waals surface area contributed by atoms with Gasteiger partial charge in [-0.1, -0.05) is 43.0 Å². The smallest absolute Gasteiger partial charge is 0.230 e. The fourth-order valence-electron chi connectivity index (χ4n) is 2.02. The minimum Gasteiger partial charge on any atom is -0.355 e. The number of hydrogen-bond acceptors (Lipinski definition) is 7.